The fraction of sp³-hybridized carbons (Fsp3) is 0.588. The lowest BCUT2D eigenvalue weighted by atomic mass is 9.88. The molecule has 24 heavy (non-hydrogen) atoms. The van der Waals surface area contributed by atoms with Gasteiger partial charge in [0.15, 0.2) is 0 Å². The first-order chi connectivity index (χ1) is 11.4. The van der Waals surface area contributed by atoms with Gasteiger partial charge in [0, 0.05) is 38.3 Å². The van der Waals surface area contributed by atoms with Crippen LogP contribution in [0, 0.1) is 0 Å². The van der Waals surface area contributed by atoms with E-state index in [1.54, 1.807) is 24.1 Å². The summed E-state index contributed by atoms with van der Waals surface area (Å²) >= 11 is 5.84. The molecule has 1 heterocycles. The summed E-state index contributed by atoms with van der Waals surface area (Å²) < 4.78 is 4.94. The number of halogens is 1. The van der Waals surface area contributed by atoms with E-state index in [1.807, 2.05) is 12.1 Å². The van der Waals surface area contributed by atoms with Crippen molar-refractivity contribution in [3.05, 3.63) is 34.9 Å². The third-order valence-electron chi connectivity index (χ3n) is 4.36. The largest absolute Gasteiger partial charge is 0.388 e. The quantitative estimate of drug-likeness (QED) is 0.618. The molecule has 0 bridgehead atoms. The summed E-state index contributed by atoms with van der Waals surface area (Å²) in [5.41, 5.74) is -0.342. The van der Waals surface area contributed by atoms with Crippen molar-refractivity contribution in [2.75, 3.05) is 39.9 Å². The van der Waals surface area contributed by atoms with E-state index in [9.17, 15) is 15.0 Å². The van der Waals surface area contributed by atoms with Crippen LogP contribution >= 0.6 is 11.6 Å². The molecule has 134 valence electrons. The molecule has 7 heteroatoms. The van der Waals surface area contributed by atoms with Crippen LogP contribution in [0.1, 0.15) is 12.0 Å². The molecule has 1 aliphatic rings. The van der Waals surface area contributed by atoms with E-state index in [2.05, 4.69) is 5.32 Å². The molecule has 1 aromatic rings. The lowest BCUT2D eigenvalue weighted by Crippen LogP contribution is -2.61. The van der Waals surface area contributed by atoms with E-state index in [1.165, 1.54) is 0 Å². The highest BCUT2D eigenvalue weighted by molar-refractivity contribution is 6.30. The molecule has 0 aliphatic carbocycles. The van der Waals surface area contributed by atoms with Crippen LogP contribution in [0.25, 0.3) is 0 Å². The number of carbonyl (C=O) groups excluding carboxylic acids is 1. The highest BCUT2D eigenvalue weighted by Gasteiger charge is 2.41. The van der Waals surface area contributed by atoms with Gasteiger partial charge in [-0.2, -0.15) is 0 Å². The smallest absolute Gasteiger partial charge is 0.227 e. The molecular formula is C17H25ClN2O4. The maximum Gasteiger partial charge on any atom is 0.227 e. The molecule has 1 saturated heterocycles. The summed E-state index contributed by atoms with van der Waals surface area (Å²) in [6.07, 6.45) is -0.384. The van der Waals surface area contributed by atoms with Crippen LogP contribution in [0.5, 0.6) is 0 Å². The van der Waals surface area contributed by atoms with E-state index >= 15 is 0 Å². The molecule has 1 fully saturated rings. The van der Waals surface area contributed by atoms with Crippen LogP contribution in [0.2, 0.25) is 5.02 Å². The van der Waals surface area contributed by atoms with Crippen LogP contribution in [-0.2, 0) is 16.0 Å². The van der Waals surface area contributed by atoms with E-state index in [0.29, 0.717) is 31.1 Å². The molecule has 2 rings (SSSR count). The highest BCUT2D eigenvalue weighted by Crippen LogP contribution is 2.23. The van der Waals surface area contributed by atoms with E-state index in [-0.39, 0.29) is 25.4 Å². The monoisotopic (exact) mass is 356 g/mol. The fourth-order valence-electron chi connectivity index (χ4n) is 2.77. The average Bonchev–Trinajstić information content (AvgIpc) is 2.56. The predicted octanol–water partition coefficient (Wildman–Crippen LogP) is 0.443. The van der Waals surface area contributed by atoms with Gasteiger partial charge in [0.2, 0.25) is 5.91 Å². The van der Waals surface area contributed by atoms with Gasteiger partial charge in [0.1, 0.15) is 11.7 Å². The second kappa shape index (κ2) is 8.78. The van der Waals surface area contributed by atoms with Gasteiger partial charge in [0.25, 0.3) is 0 Å². The Morgan fingerprint density at radius 2 is 2.17 bits per heavy atom. The van der Waals surface area contributed by atoms with Crippen LogP contribution < -0.4 is 5.32 Å². The number of carbonyl (C=O) groups is 1. The van der Waals surface area contributed by atoms with E-state index in [0.717, 1.165) is 5.56 Å². The SMILES string of the molecule is COCCNC[C@@]1(O)CCN(C(=O)Cc2ccc(Cl)cc2)C[C@@H]1O. The summed E-state index contributed by atoms with van der Waals surface area (Å²) in [5.74, 6) is -0.0641. The van der Waals surface area contributed by atoms with Crippen molar-refractivity contribution in [3.8, 4) is 0 Å². The summed E-state index contributed by atoms with van der Waals surface area (Å²) in [6, 6.07) is 7.13. The van der Waals surface area contributed by atoms with Crippen molar-refractivity contribution >= 4 is 17.5 Å². The van der Waals surface area contributed by atoms with Crippen LogP contribution in [0.15, 0.2) is 24.3 Å². The number of ether oxygens (including phenoxy) is 1. The Hall–Kier alpha value is -1.18. The minimum Gasteiger partial charge on any atom is -0.388 e. The maximum absolute atomic E-state index is 12.4. The van der Waals surface area contributed by atoms with Gasteiger partial charge in [-0.25, -0.2) is 0 Å². The number of likely N-dealkylation sites (tertiary alicyclic amines) is 1. The molecule has 3 N–H and O–H groups in total. The normalized spacial score (nSPS) is 24.2. The first-order valence-electron chi connectivity index (χ1n) is 8.07. The second-order valence-electron chi connectivity index (χ2n) is 6.18. The van der Waals surface area contributed by atoms with Crippen molar-refractivity contribution in [1.29, 1.82) is 0 Å². The minimum atomic E-state index is -1.22. The van der Waals surface area contributed by atoms with Gasteiger partial charge in [0.05, 0.1) is 13.0 Å². The first-order valence-corrected chi connectivity index (χ1v) is 8.45. The van der Waals surface area contributed by atoms with Gasteiger partial charge in [-0.05, 0) is 24.1 Å². The van der Waals surface area contributed by atoms with Gasteiger partial charge in [-0.15, -0.1) is 0 Å². The molecule has 0 spiro atoms. The molecule has 6 nitrogen and oxygen atoms in total. The summed E-state index contributed by atoms with van der Waals surface area (Å²) in [7, 11) is 1.61. The van der Waals surface area contributed by atoms with Crippen molar-refractivity contribution < 1.29 is 19.7 Å². The molecular weight excluding hydrogens is 332 g/mol. The molecule has 1 amide bonds. The Morgan fingerprint density at radius 1 is 1.46 bits per heavy atom. The van der Waals surface area contributed by atoms with Crippen LogP contribution in [0.3, 0.4) is 0 Å². The van der Waals surface area contributed by atoms with Gasteiger partial charge < -0.3 is 25.2 Å². The number of hydrogen-bond acceptors (Lipinski definition) is 5. The maximum atomic E-state index is 12.4. The topological polar surface area (TPSA) is 82.0 Å². The number of methoxy groups -OCH3 is 1. The molecule has 1 aromatic carbocycles. The number of aliphatic hydroxyl groups is 2. The Kier molecular flexibility index (Phi) is 7.01. The van der Waals surface area contributed by atoms with Crippen molar-refractivity contribution in [3.63, 3.8) is 0 Å². The number of β-amino-alcohol motifs (C(OH)–C–C–N with tert-alkyl or cyclic N) is 1. The van der Waals surface area contributed by atoms with Crippen molar-refractivity contribution in [1.82, 2.24) is 10.2 Å². The zero-order valence-electron chi connectivity index (χ0n) is 13.9. The third kappa shape index (κ3) is 5.16. The Labute approximate surface area is 147 Å². The van der Waals surface area contributed by atoms with Gasteiger partial charge in [-0.3, -0.25) is 4.79 Å². The first kappa shape index (κ1) is 19.1. The highest BCUT2D eigenvalue weighted by atomic mass is 35.5. The van der Waals surface area contributed by atoms with Crippen LogP contribution in [0.4, 0.5) is 0 Å². The average molecular weight is 357 g/mol. The summed E-state index contributed by atoms with van der Waals surface area (Å²) in [4.78, 5) is 14.0. The Bertz CT molecular complexity index is 540. The van der Waals surface area contributed by atoms with Gasteiger partial charge in [-0.1, -0.05) is 23.7 Å². The van der Waals surface area contributed by atoms with Crippen molar-refractivity contribution in [2.45, 2.75) is 24.5 Å². The molecule has 0 radical (unpaired) electrons. The number of nitrogens with zero attached hydrogens (tertiary/aromatic N) is 1. The number of hydrogen-bond donors (Lipinski definition) is 3. The molecule has 2 atom stereocenters. The van der Waals surface area contributed by atoms with E-state index < -0.39 is 11.7 Å². The summed E-state index contributed by atoms with van der Waals surface area (Å²) in [6.45, 7) is 1.97. The summed E-state index contributed by atoms with van der Waals surface area (Å²) in [5, 5.41) is 24.5. The zero-order chi connectivity index (χ0) is 17.6. The molecule has 0 saturated carbocycles. The van der Waals surface area contributed by atoms with Gasteiger partial charge >= 0.3 is 0 Å². The lowest BCUT2D eigenvalue weighted by molar-refractivity contribution is -0.148. The zero-order valence-corrected chi connectivity index (χ0v) is 14.6. The third-order valence-corrected chi connectivity index (χ3v) is 4.62. The number of nitrogens with one attached hydrogen (secondary N) is 1. The van der Waals surface area contributed by atoms with Crippen molar-refractivity contribution in [2.24, 2.45) is 0 Å². The fourth-order valence-corrected chi connectivity index (χ4v) is 2.89. The number of benzene rings is 1. The number of aliphatic hydroxyl groups excluding tert-OH is 1. The number of amides is 1. The number of piperidine rings is 1. The molecule has 1 aliphatic heterocycles. The van der Waals surface area contributed by atoms with E-state index in [4.69, 9.17) is 16.3 Å². The predicted molar refractivity (Wildman–Crippen MR) is 92.1 cm³/mol. The number of rotatable bonds is 7. The minimum absolute atomic E-state index is 0.0641. The van der Waals surface area contributed by atoms with Crippen LogP contribution in [-0.4, -0.2) is 72.6 Å². The lowest BCUT2D eigenvalue weighted by Gasteiger charge is -2.42. The Balaban J connectivity index is 1.85. The molecule has 0 aromatic heterocycles. The Morgan fingerprint density at radius 3 is 2.79 bits per heavy atom. The second-order valence-corrected chi connectivity index (χ2v) is 6.62. The standard InChI is InChI=1S/C17H25ClN2O4/c1-24-9-7-19-12-17(23)6-8-20(11-15(17)21)16(22)10-13-2-4-14(18)5-3-13/h2-5,15,19,21,23H,6-12H2,1H3/t15-,17-/m0/s1. The molecule has 0 unspecified atom stereocenters.